The molecule has 1 aromatic rings. The standard InChI is InChI=1S/C14H20N2O/c1-2-16-14(12-15)9-11-17-10-8-13-6-4-3-5-7-13/h3-7,14,16H,2,8-11H2,1H3. The molecule has 1 unspecified atom stereocenters. The molecule has 0 saturated carbocycles. The van der Waals surface area contributed by atoms with Gasteiger partial charge in [-0.1, -0.05) is 37.3 Å². The fraction of sp³-hybridized carbons (Fsp3) is 0.500. The number of ether oxygens (including phenoxy) is 1. The van der Waals surface area contributed by atoms with Gasteiger partial charge in [-0.2, -0.15) is 5.26 Å². The molecule has 1 rings (SSSR count). The normalized spacial score (nSPS) is 12.0. The van der Waals surface area contributed by atoms with Gasteiger partial charge in [-0.05, 0) is 24.9 Å². The fourth-order valence-corrected chi connectivity index (χ4v) is 1.60. The average molecular weight is 232 g/mol. The van der Waals surface area contributed by atoms with E-state index in [1.807, 2.05) is 25.1 Å². The molecule has 0 aliphatic heterocycles. The summed E-state index contributed by atoms with van der Waals surface area (Å²) in [7, 11) is 0. The molecule has 0 spiro atoms. The van der Waals surface area contributed by atoms with Crippen LogP contribution >= 0.6 is 0 Å². The summed E-state index contributed by atoms with van der Waals surface area (Å²) >= 11 is 0. The maximum Gasteiger partial charge on any atom is 0.0974 e. The van der Waals surface area contributed by atoms with Gasteiger partial charge in [0.05, 0.1) is 18.7 Å². The summed E-state index contributed by atoms with van der Waals surface area (Å²) in [6.07, 6.45) is 1.68. The Bertz CT molecular complexity index is 332. The molecule has 0 bridgehead atoms. The Balaban J connectivity index is 2.07. The van der Waals surface area contributed by atoms with Crippen molar-refractivity contribution in [1.29, 1.82) is 5.26 Å². The lowest BCUT2D eigenvalue weighted by molar-refractivity contribution is 0.131. The summed E-state index contributed by atoms with van der Waals surface area (Å²) in [5.74, 6) is 0. The Morgan fingerprint density at radius 3 is 2.71 bits per heavy atom. The van der Waals surface area contributed by atoms with Crippen molar-refractivity contribution < 1.29 is 4.74 Å². The summed E-state index contributed by atoms with van der Waals surface area (Å²) in [6.45, 7) is 4.18. The summed E-state index contributed by atoms with van der Waals surface area (Å²) in [5.41, 5.74) is 1.29. The molecule has 92 valence electrons. The molecule has 17 heavy (non-hydrogen) atoms. The third kappa shape index (κ3) is 6.06. The molecule has 1 atom stereocenters. The van der Waals surface area contributed by atoms with Crippen molar-refractivity contribution in [2.75, 3.05) is 19.8 Å². The summed E-state index contributed by atoms with van der Waals surface area (Å²) in [6, 6.07) is 12.4. The van der Waals surface area contributed by atoms with Gasteiger partial charge in [0.15, 0.2) is 0 Å². The van der Waals surface area contributed by atoms with E-state index in [1.165, 1.54) is 5.56 Å². The van der Waals surface area contributed by atoms with Crippen LogP contribution in [0.3, 0.4) is 0 Å². The van der Waals surface area contributed by atoms with Crippen LogP contribution in [0.2, 0.25) is 0 Å². The number of hydrogen-bond acceptors (Lipinski definition) is 3. The molecule has 1 N–H and O–H groups in total. The van der Waals surface area contributed by atoms with Crippen LogP contribution in [-0.4, -0.2) is 25.8 Å². The zero-order chi connectivity index (χ0) is 12.3. The highest BCUT2D eigenvalue weighted by Crippen LogP contribution is 2.00. The second-order valence-electron chi connectivity index (χ2n) is 3.88. The molecule has 0 fully saturated rings. The van der Waals surface area contributed by atoms with Crippen LogP contribution in [0.15, 0.2) is 30.3 Å². The van der Waals surface area contributed by atoms with E-state index in [2.05, 4.69) is 23.5 Å². The highest BCUT2D eigenvalue weighted by atomic mass is 16.5. The molecule has 1 aromatic carbocycles. The zero-order valence-electron chi connectivity index (χ0n) is 10.4. The lowest BCUT2D eigenvalue weighted by atomic mass is 10.2. The summed E-state index contributed by atoms with van der Waals surface area (Å²) < 4.78 is 5.53. The number of nitrogens with one attached hydrogen (secondary N) is 1. The van der Waals surface area contributed by atoms with E-state index in [0.29, 0.717) is 13.2 Å². The summed E-state index contributed by atoms with van der Waals surface area (Å²) in [4.78, 5) is 0. The zero-order valence-corrected chi connectivity index (χ0v) is 10.4. The van der Waals surface area contributed by atoms with Gasteiger partial charge in [-0.25, -0.2) is 0 Å². The maximum atomic E-state index is 8.82. The van der Waals surface area contributed by atoms with Crippen molar-refractivity contribution in [2.24, 2.45) is 0 Å². The molecule has 0 radical (unpaired) electrons. The topological polar surface area (TPSA) is 45.0 Å². The van der Waals surface area contributed by atoms with Crippen molar-refractivity contribution in [3.05, 3.63) is 35.9 Å². The van der Waals surface area contributed by atoms with Crippen LogP contribution in [-0.2, 0) is 11.2 Å². The predicted octanol–water partition coefficient (Wildman–Crippen LogP) is 2.14. The van der Waals surface area contributed by atoms with Crippen LogP contribution in [0.5, 0.6) is 0 Å². The third-order valence-corrected chi connectivity index (χ3v) is 2.54. The van der Waals surface area contributed by atoms with Gasteiger partial charge < -0.3 is 10.1 Å². The first-order valence-corrected chi connectivity index (χ1v) is 6.11. The van der Waals surface area contributed by atoms with Crippen LogP contribution < -0.4 is 5.32 Å². The van der Waals surface area contributed by atoms with E-state index in [1.54, 1.807) is 0 Å². The molecule has 0 heterocycles. The first kappa shape index (κ1) is 13.7. The quantitative estimate of drug-likeness (QED) is 0.698. The second kappa shape index (κ2) is 8.74. The van der Waals surface area contributed by atoms with E-state index < -0.39 is 0 Å². The van der Waals surface area contributed by atoms with E-state index in [4.69, 9.17) is 10.00 Å². The minimum Gasteiger partial charge on any atom is -0.381 e. The first-order chi connectivity index (χ1) is 8.36. The fourth-order valence-electron chi connectivity index (χ4n) is 1.60. The molecular formula is C14H20N2O. The van der Waals surface area contributed by atoms with Crippen molar-refractivity contribution in [1.82, 2.24) is 5.32 Å². The van der Waals surface area contributed by atoms with E-state index in [-0.39, 0.29) is 6.04 Å². The van der Waals surface area contributed by atoms with Gasteiger partial charge in [-0.15, -0.1) is 0 Å². The average Bonchev–Trinajstić information content (AvgIpc) is 2.38. The summed E-state index contributed by atoms with van der Waals surface area (Å²) in [5, 5.41) is 11.9. The van der Waals surface area contributed by atoms with Gasteiger partial charge in [0.25, 0.3) is 0 Å². The van der Waals surface area contributed by atoms with E-state index in [0.717, 1.165) is 19.4 Å². The highest BCUT2D eigenvalue weighted by molar-refractivity contribution is 5.14. The van der Waals surface area contributed by atoms with Crippen molar-refractivity contribution >= 4 is 0 Å². The first-order valence-electron chi connectivity index (χ1n) is 6.11. The Kier molecular flexibility index (Phi) is 7.04. The molecular weight excluding hydrogens is 212 g/mol. The second-order valence-corrected chi connectivity index (χ2v) is 3.88. The van der Waals surface area contributed by atoms with E-state index in [9.17, 15) is 0 Å². The van der Waals surface area contributed by atoms with Crippen molar-refractivity contribution in [2.45, 2.75) is 25.8 Å². The number of nitrogens with zero attached hydrogens (tertiary/aromatic N) is 1. The third-order valence-electron chi connectivity index (χ3n) is 2.54. The Morgan fingerprint density at radius 2 is 2.06 bits per heavy atom. The van der Waals surface area contributed by atoms with Crippen molar-refractivity contribution in [3.63, 3.8) is 0 Å². The monoisotopic (exact) mass is 232 g/mol. The van der Waals surface area contributed by atoms with Gasteiger partial charge in [0, 0.05) is 6.61 Å². The van der Waals surface area contributed by atoms with Gasteiger partial charge in [-0.3, -0.25) is 0 Å². The number of hydrogen-bond donors (Lipinski definition) is 1. The van der Waals surface area contributed by atoms with Crippen molar-refractivity contribution in [3.8, 4) is 6.07 Å². The molecule has 0 aliphatic carbocycles. The van der Waals surface area contributed by atoms with Crippen LogP contribution in [0.25, 0.3) is 0 Å². The number of nitriles is 1. The van der Waals surface area contributed by atoms with E-state index >= 15 is 0 Å². The van der Waals surface area contributed by atoms with Gasteiger partial charge >= 0.3 is 0 Å². The molecule has 3 nitrogen and oxygen atoms in total. The minimum absolute atomic E-state index is 0.0864. The largest absolute Gasteiger partial charge is 0.381 e. The number of rotatable bonds is 8. The van der Waals surface area contributed by atoms with Crippen LogP contribution in [0.1, 0.15) is 18.9 Å². The minimum atomic E-state index is -0.0864. The smallest absolute Gasteiger partial charge is 0.0974 e. The lowest BCUT2D eigenvalue weighted by Gasteiger charge is -2.09. The molecule has 0 aliphatic rings. The Morgan fingerprint density at radius 1 is 1.29 bits per heavy atom. The van der Waals surface area contributed by atoms with Crippen LogP contribution in [0.4, 0.5) is 0 Å². The maximum absolute atomic E-state index is 8.82. The highest BCUT2D eigenvalue weighted by Gasteiger charge is 2.04. The predicted molar refractivity (Wildman–Crippen MR) is 68.7 cm³/mol. The Hall–Kier alpha value is -1.37. The lowest BCUT2D eigenvalue weighted by Crippen LogP contribution is -2.28. The van der Waals surface area contributed by atoms with Gasteiger partial charge in [0.1, 0.15) is 0 Å². The molecule has 0 amide bonds. The number of benzene rings is 1. The Labute approximate surface area is 103 Å². The molecule has 0 aromatic heterocycles. The molecule has 0 saturated heterocycles. The van der Waals surface area contributed by atoms with Gasteiger partial charge in [0.2, 0.25) is 0 Å². The van der Waals surface area contributed by atoms with Crippen LogP contribution in [0, 0.1) is 11.3 Å². The molecule has 3 heteroatoms. The SMILES string of the molecule is CCNC(C#N)CCOCCc1ccccc1.